The molecule has 0 amide bonds. The molecular weight excluding hydrogens is 248 g/mol. The molecule has 4 nitrogen and oxygen atoms in total. The van der Waals surface area contributed by atoms with E-state index in [1.165, 1.54) is 0 Å². The predicted octanol–water partition coefficient (Wildman–Crippen LogP) is 3.36. The third-order valence-corrected chi connectivity index (χ3v) is 3.13. The highest BCUT2D eigenvalue weighted by molar-refractivity contribution is 6.29. The second-order valence-electron chi connectivity index (χ2n) is 4.92. The van der Waals surface area contributed by atoms with Crippen LogP contribution in [-0.2, 0) is 0 Å². The van der Waals surface area contributed by atoms with Crippen LogP contribution < -0.4 is 10.6 Å². The van der Waals surface area contributed by atoms with Gasteiger partial charge in [-0.25, -0.2) is 4.98 Å². The van der Waals surface area contributed by atoms with E-state index in [-0.39, 0.29) is 5.95 Å². The van der Waals surface area contributed by atoms with Crippen LogP contribution in [0.3, 0.4) is 0 Å². The largest absolute Gasteiger partial charge is 0.368 e. The molecule has 1 aromatic heterocycles. The summed E-state index contributed by atoms with van der Waals surface area (Å²) >= 11 is 5.96. The number of halogens is 1. The summed E-state index contributed by atoms with van der Waals surface area (Å²) in [7, 11) is 0. The van der Waals surface area contributed by atoms with E-state index in [1.54, 1.807) is 6.07 Å². The predicted molar refractivity (Wildman–Crippen MR) is 78.0 cm³/mol. The fourth-order valence-electron chi connectivity index (χ4n) is 2.12. The maximum absolute atomic E-state index is 5.96. The van der Waals surface area contributed by atoms with Crippen LogP contribution in [-0.4, -0.2) is 22.6 Å². The Morgan fingerprint density at radius 1 is 1.28 bits per heavy atom. The molecule has 0 aromatic carbocycles. The fourth-order valence-corrected chi connectivity index (χ4v) is 2.31. The summed E-state index contributed by atoms with van der Waals surface area (Å²) < 4.78 is 0. The Bertz CT molecular complexity index is 357. The van der Waals surface area contributed by atoms with Crippen LogP contribution >= 0.6 is 11.6 Å². The Labute approximate surface area is 115 Å². The lowest BCUT2D eigenvalue weighted by Gasteiger charge is -2.33. The molecule has 5 heteroatoms. The van der Waals surface area contributed by atoms with E-state index in [0.29, 0.717) is 17.1 Å². The van der Waals surface area contributed by atoms with Crippen LogP contribution in [0.1, 0.15) is 40.5 Å². The number of anilines is 2. The van der Waals surface area contributed by atoms with Crippen molar-refractivity contribution in [2.24, 2.45) is 5.92 Å². The Balaban J connectivity index is 3.07. The summed E-state index contributed by atoms with van der Waals surface area (Å²) in [5, 5.41) is 0.400. The van der Waals surface area contributed by atoms with Gasteiger partial charge in [0, 0.05) is 18.7 Å². The Kier molecular flexibility index (Phi) is 5.66. The minimum atomic E-state index is 0.234. The SMILES string of the molecule is CCC(CC)N(CC(C)C)c1cc(Cl)nc(N)n1. The molecule has 1 aromatic rings. The lowest BCUT2D eigenvalue weighted by Crippen LogP contribution is -2.38. The smallest absolute Gasteiger partial charge is 0.223 e. The number of rotatable bonds is 6. The molecule has 0 aliphatic heterocycles. The molecule has 102 valence electrons. The van der Waals surface area contributed by atoms with E-state index in [0.717, 1.165) is 25.2 Å². The first-order valence-corrected chi connectivity index (χ1v) is 6.92. The summed E-state index contributed by atoms with van der Waals surface area (Å²) in [4.78, 5) is 10.5. The van der Waals surface area contributed by atoms with Gasteiger partial charge < -0.3 is 10.6 Å². The highest BCUT2D eigenvalue weighted by Crippen LogP contribution is 2.23. The van der Waals surface area contributed by atoms with Crippen molar-refractivity contribution in [2.45, 2.75) is 46.6 Å². The van der Waals surface area contributed by atoms with E-state index < -0.39 is 0 Å². The molecule has 18 heavy (non-hydrogen) atoms. The molecule has 1 heterocycles. The van der Waals surface area contributed by atoms with Gasteiger partial charge in [-0.2, -0.15) is 4.98 Å². The average Bonchev–Trinajstić information content (AvgIpc) is 2.27. The van der Waals surface area contributed by atoms with Gasteiger partial charge in [-0.1, -0.05) is 39.3 Å². The number of nitrogens with two attached hydrogens (primary N) is 1. The zero-order valence-corrected chi connectivity index (χ0v) is 12.4. The first kappa shape index (κ1) is 15.0. The maximum atomic E-state index is 5.96. The highest BCUT2D eigenvalue weighted by Gasteiger charge is 2.19. The Hall–Kier alpha value is -1.03. The number of nitrogens with zero attached hydrogens (tertiary/aromatic N) is 3. The highest BCUT2D eigenvalue weighted by atomic mass is 35.5. The quantitative estimate of drug-likeness (QED) is 0.806. The summed E-state index contributed by atoms with van der Waals surface area (Å²) in [5.74, 6) is 1.62. The standard InChI is InChI=1S/C13H23ClN4/c1-5-10(6-2)18(8-9(3)4)12-7-11(14)16-13(15)17-12/h7,9-10H,5-6,8H2,1-4H3,(H2,15,16,17). The van der Waals surface area contributed by atoms with Crippen LogP contribution in [0.2, 0.25) is 5.15 Å². The van der Waals surface area contributed by atoms with Crippen LogP contribution in [0.15, 0.2) is 6.07 Å². The summed E-state index contributed by atoms with van der Waals surface area (Å²) in [6.45, 7) is 9.71. The normalized spacial score (nSPS) is 11.3. The van der Waals surface area contributed by atoms with Crippen molar-refractivity contribution in [3.05, 3.63) is 11.2 Å². The topological polar surface area (TPSA) is 55.0 Å². The monoisotopic (exact) mass is 270 g/mol. The number of hydrogen-bond donors (Lipinski definition) is 1. The van der Waals surface area contributed by atoms with Crippen molar-refractivity contribution in [3.8, 4) is 0 Å². The van der Waals surface area contributed by atoms with Crippen LogP contribution in [0.5, 0.6) is 0 Å². The molecule has 0 saturated heterocycles. The second kappa shape index (κ2) is 6.78. The van der Waals surface area contributed by atoms with Crippen molar-refractivity contribution < 1.29 is 0 Å². The van der Waals surface area contributed by atoms with E-state index >= 15 is 0 Å². The van der Waals surface area contributed by atoms with Gasteiger partial charge in [0.25, 0.3) is 0 Å². The van der Waals surface area contributed by atoms with Crippen LogP contribution in [0, 0.1) is 5.92 Å². The molecule has 0 spiro atoms. The number of hydrogen-bond acceptors (Lipinski definition) is 4. The molecule has 0 unspecified atom stereocenters. The van der Waals surface area contributed by atoms with E-state index in [4.69, 9.17) is 17.3 Å². The zero-order chi connectivity index (χ0) is 13.7. The second-order valence-corrected chi connectivity index (χ2v) is 5.31. The Morgan fingerprint density at radius 2 is 1.89 bits per heavy atom. The van der Waals surface area contributed by atoms with Gasteiger partial charge in [-0.3, -0.25) is 0 Å². The first-order valence-electron chi connectivity index (χ1n) is 6.54. The van der Waals surface area contributed by atoms with Crippen LogP contribution in [0.4, 0.5) is 11.8 Å². The molecule has 0 atom stereocenters. The van der Waals surface area contributed by atoms with Gasteiger partial charge in [-0.05, 0) is 18.8 Å². The average molecular weight is 271 g/mol. The van der Waals surface area contributed by atoms with Gasteiger partial charge in [0.1, 0.15) is 11.0 Å². The fraction of sp³-hybridized carbons (Fsp3) is 0.692. The minimum absolute atomic E-state index is 0.234. The molecule has 0 saturated carbocycles. The van der Waals surface area contributed by atoms with Crippen LogP contribution in [0.25, 0.3) is 0 Å². The first-order chi connectivity index (χ1) is 8.47. The molecule has 0 aliphatic carbocycles. The van der Waals surface area contributed by atoms with E-state index in [1.807, 2.05) is 0 Å². The molecule has 2 N–H and O–H groups in total. The van der Waals surface area contributed by atoms with Crippen molar-refractivity contribution in [2.75, 3.05) is 17.2 Å². The summed E-state index contributed by atoms with van der Waals surface area (Å²) in [5.41, 5.74) is 5.68. The van der Waals surface area contributed by atoms with Crippen molar-refractivity contribution in [3.63, 3.8) is 0 Å². The van der Waals surface area contributed by atoms with Crippen molar-refractivity contribution >= 4 is 23.4 Å². The van der Waals surface area contributed by atoms with Gasteiger partial charge >= 0.3 is 0 Å². The lowest BCUT2D eigenvalue weighted by molar-refractivity contribution is 0.503. The number of nitrogen functional groups attached to an aromatic ring is 1. The minimum Gasteiger partial charge on any atom is -0.368 e. The lowest BCUT2D eigenvalue weighted by atomic mass is 10.1. The number of aromatic nitrogens is 2. The Morgan fingerprint density at radius 3 is 2.33 bits per heavy atom. The van der Waals surface area contributed by atoms with E-state index in [2.05, 4.69) is 42.6 Å². The van der Waals surface area contributed by atoms with Crippen molar-refractivity contribution in [1.29, 1.82) is 0 Å². The molecule has 0 aliphatic rings. The molecular formula is C13H23ClN4. The summed E-state index contributed by atoms with van der Waals surface area (Å²) in [6, 6.07) is 2.25. The third-order valence-electron chi connectivity index (χ3n) is 2.94. The van der Waals surface area contributed by atoms with Gasteiger partial charge in [0.2, 0.25) is 5.95 Å². The molecule has 1 rings (SSSR count). The molecule has 0 fully saturated rings. The molecule has 0 radical (unpaired) electrons. The van der Waals surface area contributed by atoms with Gasteiger partial charge in [0.05, 0.1) is 0 Å². The zero-order valence-electron chi connectivity index (χ0n) is 11.7. The summed E-state index contributed by atoms with van der Waals surface area (Å²) in [6.07, 6.45) is 2.15. The van der Waals surface area contributed by atoms with Gasteiger partial charge in [0.15, 0.2) is 0 Å². The van der Waals surface area contributed by atoms with Crippen molar-refractivity contribution in [1.82, 2.24) is 9.97 Å². The maximum Gasteiger partial charge on any atom is 0.223 e. The molecule has 0 bridgehead atoms. The van der Waals surface area contributed by atoms with E-state index in [9.17, 15) is 0 Å². The third kappa shape index (κ3) is 4.02. The van der Waals surface area contributed by atoms with Gasteiger partial charge in [-0.15, -0.1) is 0 Å².